The van der Waals surface area contributed by atoms with Gasteiger partial charge in [0.05, 0.1) is 24.3 Å². The van der Waals surface area contributed by atoms with Crippen molar-refractivity contribution in [3.05, 3.63) is 44.4 Å². The van der Waals surface area contributed by atoms with Crippen LogP contribution in [0.3, 0.4) is 0 Å². The minimum Gasteiger partial charge on any atom is -0.504 e. The zero-order valence-electron chi connectivity index (χ0n) is 11.2. The molecular formula is C11H10N6O5. The number of nitro groups is 1. The summed E-state index contributed by atoms with van der Waals surface area (Å²) in [5, 5.41) is 31.4. The second-order valence-corrected chi connectivity index (χ2v) is 3.90. The number of benzene rings is 1. The Balaban J connectivity index is 2.28. The maximum Gasteiger partial charge on any atom is 0.274 e. The lowest BCUT2D eigenvalue weighted by Gasteiger charge is -2.05. The normalized spacial score (nSPS) is 10.6. The molecule has 1 aromatic heterocycles. The van der Waals surface area contributed by atoms with Gasteiger partial charge >= 0.3 is 0 Å². The summed E-state index contributed by atoms with van der Waals surface area (Å²) in [6.07, 6.45) is 2.09. The van der Waals surface area contributed by atoms with Gasteiger partial charge in [0.15, 0.2) is 11.5 Å². The predicted molar refractivity (Wildman–Crippen MR) is 75.2 cm³/mol. The second kappa shape index (κ2) is 6.30. The average molecular weight is 306 g/mol. The molecule has 1 aromatic carbocycles. The molecule has 11 heteroatoms. The monoisotopic (exact) mass is 306 g/mol. The van der Waals surface area contributed by atoms with Gasteiger partial charge in [-0.1, -0.05) is 0 Å². The van der Waals surface area contributed by atoms with E-state index in [2.05, 4.69) is 25.7 Å². The Morgan fingerprint density at radius 3 is 2.95 bits per heavy atom. The summed E-state index contributed by atoms with van der Waals surface area (Å²) >= 11 is 0. The van der Waals surface area contributed by atoms with E-state index in [4.69, 9.17) is 4.74 Å². The highest BCUT2D eigenvalue weighted by molar-refractivity contribution is 5.86. The van der Waals surface area contributed by atoms with Crippen LogP contribution in [0.15, 0.2) is 28.2 Å². The van der Waals surface area contributed by atoms with Crippen LogP contribution in [-0.2, 0) is 0 Å². The van der Waals surface area contributed by atoms with Crippen LogP contribution in [0.4, 0.5) is 11.6 Å². The number of ether oxygens (including phenoxy) is 1. The number of aromatic hydroxyl groups is 1. The number of non-ortho nitro benzene ring substituents is 1. The number of nitrogens with zero attached hydrogens (tertiary/aromatic N) is 4. The highest BCUT2D eigenvalue weighted by Crippen LogP contribution is 2.33. The van der Waals surface area contributed by atoms with Crippen molar-refractivity contribution in [3.63, 3.8) is 0 Å². The molecule has 0 atom stereocenters. The smallest absolute Gasteiger partial charge is 0.274 e. The van der Waals surface area contributed by atoms with E-state index >= 15 is 0 Å². The summed E-state index contributed by atoms with van der Waals surface area (Å²) in [6.45, 7) is 0. The SMILES string of the molecule is COc1cc([N+](=O)[O-])cc(/C=N/Nc2nncc(=O)[nH]2)c1O. The van der Waals surface area contributed by atoms with Gasteiger partial charge < -0.3 is 9.84 Å². The number of aromatic nitrogens is 3. The van der Waals surface area contributed by atoms with E-state index in [-0.39, 0.29) is 28.7 Å². The highest BCUT2D eigenvalue weighted by Gasteiger charge is 2.15. The zero-order valence-corrected chi connectivity index (χ0v) is 11.2. The Hall–Kier alpha value is -3.50. The van der Waals surface area contributed by atoms with Gasteiger partial charge in [0.1, 0.15) is 6.20 Å². The minimum absolute atomic E-state index is 0.0272. The van der Waals surface area contributed by atoms with E-state index in [1.54, 1.807) is 0 Å². The molecule has 2 aromatic rings. The maximum atomic E-state index is 11.0. The summed E-state index contributed by atoms with van der Waals surface area (Å²) in [5.41, 5.74) is 1.66. The van der Waals surface area contributed by atoms with E-state index < -0.39 is 10.5 Å². The number of aromatic amines is 1. The fraction of sp³-hybridized carbons (Fsp3) is 0.0909. The van der Waals surface area contributed by atoms with Gasteiger partial charge in [-0.2, -0.15) is 5.10 Å². The highest BCUT2D eigenvalue weighted by atomic mass is 16.6. The summed E-state index contributed by atoms with van der Waals surface area (Å²) in [4.78, 5) is 23.5. The third-order valence-electron chi connectivity index (χ3n) is 2.47. The van der Waals surface area contributed by atoms with Crippen molar-refractivity contribution in [3.8, 4) is 11.5 Å². The van der Waals surface area contributed by atoms with Crippen LogP contribution in [0.1, 0.15) is 5.56 Å². The molecule has 0 bridgehead atoms. The molecule has 22 heavy (non-hydrogen) atoms. The molecule has 0 saturated carbocycles. The number of hydrogen-bond acceptors (Lipinski definition) is 9. The molecule has 0 radical (unpaired) electrons. The third kappa shape index (κ3) is 3.33. The molecule has 0 spiro atoms. The van der Waals surface area contributed by atoms with E-state index in [9.17, 15) is 20.0 Å². The van der Waals surface area contributed by atoms with Crippen LogP contribution in [0.5, 0.6) is 11.5 Å². The molecular weight excluding hydrogens is 296 g/mol. The number of nitro benzene ring substituents is 1. The van der Waals surface area contributed by atoms with Gasteiger partial charge in [0.25, 0.3) is 11.2 Å². The van der Waals surface area contributed by atoms with Gasteiger partial charge in [0.2, 0.25) is 5.95 Å². The van der Waals surface area contributed by atoms with Crippen molar-refractivity contribution in [2.24, 2.45) is 5.10 Å². The number of hydrogen-bond donors (Lipinski definition) is 3. The Labute approximate surface area is 122 Å². The number of anilines is 1. The molecule has 0 saturated heterocycles. The summed E-state index contributed by atoms with van der Waals surface area (Å²) in [7, 11) is 1.27. The fourth-order valence-electron chi connectivity index (χ4n) is 1.50. The molecule has 3 N–H and O–H groups in total. The summed E-state index contributed by atoms with van der Waals surface area (Å²) < 4.78 is 4.85. The van der Waals surface area contributed by atoms with Crippen LogP contribution in [-0.4, -0.2) is 38.5 Å². The summed E-state index contributed by atoms with van der Waals surface area (Å²) in [6, 6.07) is 2.20. The number of nitrogens with one attached hydrogen (secondary N) is 2. The molecule has 11 nitrogen and oxygen atoms in total. The lowest BCUT2D eigenvalue weighted by molar-refractivity contribution is -0.385. The molecule has 0 aliphatic rings. The molecule has 0 aliphatic carbocycles. The lowest BCUT2D eigenvalue weighted by Crippen LogP contribution is -2.10. The van der Waals surface area contributed by atoms with Crippen molar-refractivity contribution < 1.29 is 14.8 Å². The largest absolute Gasteiger partial charge is 0.504 e. The second-order valence-electron chi connectivity index (χ2n) is 3.90. The average Bonchev–Trinajstić information content (AvgIpc) is 2.48. The summed E-state index contributed by atoms with van der Waals surface area (Å²) in [5.74, 6) is -0.407. The van der Waals surface area contributed by atoms with Crippen LogP contribution < -0.4 is 15.7 Å². The van der Waals surface area contributed by atoms with Gasteiger partial charge in [-0.3, -0.25) is 19.9 Å². The molecule has 2 rings (SSSR count). The van der Waals surface area contributed by atoms with Crippen molar-refractivity contribution in [2.45, 2.75) is 0 Å². The van der Waals surface area contributed by atoms with Crippen LogP contribution in [0, 0.1) is 10.1 Å². The molecule has 0 unspecified atom stereocenters. The van der Waals surface area contributed by atoms with E-state index in [1.807, 2.05) is 0 Å². The van der Waals surface area contributed by atoms with Gasteiger partial charge in [-0.05, 0) is 0 Å². The quantitative estimate of drug-likeness (QED) is 0.402. The number of phenols is 1. The van der Waals surface area contributed by atoms with Crippen LogP contribution in [0.25, 0.3) is 0 Å². The minimum atomic E-state index is -0.632. The molecule has 114 valence electrons. The number of rotatable bonds is 5. The van der Waals surface area contributed by atoms with E-state index in [0.29, 0.717) is 0 Å². The predicted octanol–water partition coefficient (Wildman–Crippen LogP) is 0.233. The molecule has 1 heterocycles. The molecule has 0 aliphatic heterocycles. The number of H-pyrrole nitrogens is 1. The Morgan fingerprint density at radius 2 is 2.32 bits per heavy atom. The fourth-order valence-corrected chi connectivity index (χ4v) is 1.50. The van der Waals surface area contributed by atoms with Gasteiger partial charge in [-0.15, -0.1) is 10.2 Å². The maximum absolute atomic E-state index is 11.0. The van der Waals surface area contributed by atoms with Gasteiger partial charge in [0, 0.05) is 11.6 Å². The first kappa shape index (κ1) is 14.9. The number of hydrazone groups is 1. The van der Waals surface area contributed by atoms with E-state index in [1.165, 1.54) is 7.11 Å². The number of phenolic OH excluding ortho intramolecular Hbond substituents is 1. The Kier molecular flexibility index (Phi) is 4.27. The van der Waals surface area contributed by atoms with Crippen molar-refractivity contribution in [1.29, 1.82) is 0 Å². The molecule has 0 amide bonds. The number of methoxy groups -OCH3 is 1. The first-order valence-corrected chi connectivity index (χ1v) is 5.77. The first-order valence-electron chi connectivity index (χ1n) is 5.77. The Morgan fingerprint density at radius 1 is 1.55 bits per heavy atom. The first-order chi connectivity index (χ1) is 10.5. The molecule has 0 fully saturated rings. The Bertz CT molecular complexity index is 787. The standard InChI is InChI=1S/C11H10N6O5/c1-22-8-3-7(17(20)21)2-6(10(8)19)4-12-15-11-14-9(18)5-13-16-11/h2-5,19H,1H3,(H2,14,15,16,18)/b12-4+. The van der Waals surface area contributed by atoms with Crippen LogP contribution in [0.2, 0.25) is 0 Å². The topological polar surface area (TPSA) is 156 Å². The van der Waals surface area contributed by atoms with Crippen molar-refractivity contribution in [2.75, 3.05) is 12.5 Å². The third-order valence-corrected chi connectivity index (χ3v) is 2.47. The lowest BCUT2D eigenvalue weighted by atomic mass is 10.2. The van der Waals surface area contributed by atoms with Crippen molar-refractivity contribution in [1.82, 2.24) is 15.2 Å². The van der Waals surface area contributed by atoms with Crippen LogP contribution >= 0.6 is 0 Å². The van der Waals surface area contributed by atoms with Gasteiger partial charge in [-0.25, -0.2) is 5.43 Å². The van der Waals surface area contributed by atoms with E-state index in [0.717, 1.165) is 24.5 Å². The zero-order chi connectivity index (χ0) is 16.1. The van der Waals surface area contributed by atoms with Crippen molar-refractivity contribution >= 4 is 17.9 Å².